The average molecular weight is 248 g/mol. The Labute approximate surface area is 110 Å². The molecule has 0 radical (unpaired) electrons. The van der Waals surface area contributed by atoms with Gasteiger partial charge >= 0.3 is 0 Å². The van der Waals surface area contributed by atoms with Gasteiger partial charge in [-0.1, -0.05) is 13.0 Å². The molecule has 0 bridgehead atoms. The van der Waals surface area contributed by atoms with Crippen LogP contribution in [0.4, 0.5) is 11.4 Å². The monoisotopic (exact) mass is 248 g/mol. The highest BCUT2D eigenvalue weighted by atomic mass is 16.5. The zero-order valence-electron chi connectivity index (χ0n) is 11.5. The molecule has 0 saturated carbocycles. The van der Waals surface area contributed by atoms with Gasteiger partial charge in [-0.15, -0.1) is 0 Å². The minimum Gasteiger partial charge on any atom is -0.491 e. The molecular weight excluding hydrogens is 224 g/mol. The number of nitrogen functional groups attached to an aromatic ring is 1. The molecule has 2 rings (SSSR count). The maximum absolute atomic E-state index is 6.25. The van der Waals surface area contributed by atoms with E-state index in [1.807, 2.05) is 12.1 Å². The van der Waals surface area contributed by atoms with Gasteiger partial charge in [0.05, 0.1) is 18.0 Å². The van der Waals surface area contributed by atoms with Crippen LogP contribution in [-0.2, 0) is 0 Å². The van der Waals surface area contributed by atoms with Crippen molar-refractivity contribution < 1.29 is 4.74 Å². The van der Waals surface area contributed by atoms with Crippen LogP contribution in [0.3, 0.4) is 0 Å². The van der Waals surface area contributed by atoms with Crippen LogP contribution in [0.2, 0.25) is 0 Å². The van der Waals surface area contributed by atoms with E-state index in [0.717, 1.165) is 36.7 Å². The maximum Gasteiger partial charge on any atom is 0.144 e. The van der Waals surface area contributed by atoms with Crippen molar-refractivity contribution in [1.29, 1.82) is 0 Å². The first kappa shape index (κ1) is 13.1. The van der Waals surface area contributed by atoms with Gasteiger partial charge in [-0.25, -0.2) is 0 Å². The van der Waals surface area contributed by atoms with Crippen molar-refractivity contribution in [1.82, 2.24) is 0 Å². The predicted molar refractivity (Wildman–Crippen MR) is 77.3 cm³/mol. The van der Waals surface area contributed by atoms with Crippen LogP contribution in [0.25, 0.3) is 0 Å². The van der Waals surface area contributed by atoms with Gasteiger partial charge < -0.3 is 15.4 Å². The van der Waals surface area contributed by atoms with E-state index in [2.05, 4.69) is 24.8 Å². The standard InChI is InChI=1S/C15H24N2O/c1-3-11-18-14-9-6-8-13(15(14)16)17-10-5-4-7-12(17)2/h6,8-9,12H,3-5,7,10-11,16H2,1-2H3. The largest absolute Gasteiger partial charge is 0.491 e. The molecule has 3 heteroatoms. The number of hydrogen-bond donors (Lipinski definition) is 1. The van der Waals surface area contributed by atoms with E-state index in [1.165, 1.54) is 19.3 Å². The van der Waals surface area contributed by atoms with E-state index >= 15 is 0 Å². The van der Waals surface area contributed by atoms with Crippen molar-refractivity contribution in [3.8, 4) is 5.75 Å². The van der Waals surface area contributed by atoms with Crippen LogP contribution in [-0.4, -0.2) is 19.2 Å². The van der Waals surface area contributed by atoms with Crippen molar-refractivity contribution in [2.75, 3.05) is 23.8 Å². The summed E-state index contributed by atoms with van der Waals surface area (Å²) in [6.07, 6.45) is 4.83. The molecule has 0 aliphatic carbocycles. The van der Waals surface area contributed by atoms with E-state index in [0.29, 0.717) is 6.04 Å². The summed E-state index contributed by atoms with van der Waals surface area (Å²) >= 11 is 0. The fraction of sp³-hybridized carbons (Fsp3) is 0.600. The second kappa shape index (κ2) is 5.98. The lowest BCUT2D eigenvalue weighted by atomic mass is 10.0. The smallest absolute Gasteiger partial charge is 0.144 e. The molecule has 18 heavy (non-hydrogen) atoms. The highest BCUT2D eigenvalue weighted by Gasteiger charge is 2.21. The molecule has 1 aromatic carbocycles. The Hall–Kier alpha value is -1.38. The minimum atomic E-state index is 0.572. The first-order valence-electron chi connectivity index (χ1n) is 7.02. The van der Waals surface area contributed by atoms with Crippen molar-refractivity contribution in [2.45, 2.75) is 45.6 Å². The minimum absolute atomic E-state index is 0.572. The average Bonchev–Trinajstić information content (AvgIpc) is 2.39. The van der Waals surface area contributed by atoms with Gasteiger partial charge in [0, 0.05) is 12.6 Å². The highest BCUT2D eigenvalue weighted by Crippen LogP contribution is 2.35. The fourth-order valence-electron chi connectivity index (χ4n) is 2.58. The molecule has 1 aliphatic heterocycles. The summed E-state index contributed by atoms with van der Waals surface area (Å²) in [4.78, 5) is 2.41. The van der Waals surface area contributed by atoms with Crippen LogP contribution in [0.1, 0.15) is 39.5 Å². The molecular formula is C15H24N2O. The molecule has 2 N–H and O–H groups in total. The molecule has 3 nitrogen and oxygen atoms in total. The van der Waals surface area contributed by atoms with Crippen LogP contribution in [0, 0.1) is 0 Å². The maximum atomic E-state index is 6.25. The molecule has 0 amide bonds. The summed E-state index contributed by atoms with van der Waals surface area (Å²) < 4.78 is 5.70. The van der Waals surface area contributed by atoms with Crippen molar-refractivity contribution in [2.24, 2.45) is 0 Å². The van der Waals surface area contributed by atoms with Crippen molar-refractivity contribution in [3.05, 3.63) is 18.2 Å². The summed E-state index contributed by atoms with van der Waals surface area (Å²) in [6, 6.07) is 6.68. The van der Waals surface area contributed by atoms with E-state index in [9.17, 15) is 0 Å². The number of benzene rings is 1. The molecule has 1 saturated heterocycles. The molecule has 0 spiro atoms. The SMILES string of the molecule is CCCOc1cccc(N2CCCCC2C)c1N. The van der Waals surface area contributed by atoms with Crippen LogP contribution in [0.15, 0.2) is 18.2 Å². The first-order valence-corrected chi connectivity index (χ1v) is 7.02. The van der Waals surface area contributed by atoms with Gasteiger partial charge in [-0.3, -0.25) is 0 Å². The van der Waals surface area contributed by atoms with Crippen molar-refractivity contribution >= 4 is 11.4 Å². The number of piperidine rings is 1. The van der Waals surface area contributed by atoms with E-state index in [-0.39, 0.29) is 0 Å². The quantitative estimate of drug-likeness (QED) is 0.830. The Bertz CT molecular complexity index is 392. The van der Waals surface area contributed by atoms with E-state index < -0.39 is 0 Å². The Morgan fingerprint density at radius 1 is 1.39 bits per heavy atom. The second-order valence-corrected chi connectivity index (χ2v) is 5.08. The molecule has 1 fully saturated rings. The molecule has 1 aliphatic rings. The van der Waals surface area contributed by atoms with Gasteiger partial charge in [-0.2, -0.15) is 0 Å². The number of hydrogen-bond acceptors (Lipinski definition) is 3. The zero-order chi connectivity index (χ0) is 13.0. The number of nitrogens with two attached hydrogens (primary N) is 1. The number of nitrogens with zero attached hydrogens (tertiary/aromatic N) is 1. The van der Waals surface area contributed by atoms with Crippen molar-refractivity contribution in [3.63, 3.8) is 0 Å². The summed E-state index contributed by atoms with van der Waals surface area (Å²) in [5, 5.41) is 0. The van der Waals surface area contributed by atoms with E-state index in [1.54, 1.807) is 0 Å². The third-order valence-electron chi connectivity index (χ3n) is 3.62. The summed E-state index contributed by atoms with van der Waals surface area (Å²) in [7, 11) is 0. The van der Waals surface area contributed by atoms with Crippen LogP contribution < -0.4 is 15.4 Å². The predicted octanol–water partition coefficient (Wildman–Crippen LogP) is 3.44. The third kappa shape index (κ3) is 2.71. The van der Waals surface area contributed by atoms with Gasteiger partial charge in [0.2, 0.25) is 0 Å². The number of rotatable bonds is 4. The Kier molecular flexibility index (Phi) is 4.34. The van der Waals surface area contributed by atoms with E-state index in [4.69, 9.17) is 10.5 Å². The Balaban J connectivity index is 2.21. The molecule has 1 heterocycles. The van der Waals surface area contributed by atoms with Crippen LogP contribution in [0.5, 0.6) is 5.75 Å². The zero-order valence-corrected chi connectivity index (χ0v) is 11.5. The number of ether oxygens (including phenoxy) is 1. The lowest BCUT2D eigenvalue weighted by molar-refractivity contribution is 0.319. The lowest BCUT2D eigenvalue weighted by Gasteiger charge is -2.36. The second-order valence-electron chi connectivity index (χ2n) is 5.08. The van der Waals surface area contributed by atoms with Gasteiger partial charge in [0.15, 0.2) is 0 Å². The Morgan fingerprint density at radius 2 is 2.22 bits per heavy atom. The molecule has 100 valence electrons. The molecule has 1 unspecified atom stereocenters. The van der Waals surface area contributed by atoms with Gasteiger partial charge in [0.25, 0.3) is 0 Å². The van der Waals surface area contributed by atoms with Crippen LogP contribution >= 0.6 is 0 Å². The molecule has 0 aromatic heterocycles. The topological polar surface area (TPSA) is 38.5 Å². The number of para-hydroxylation sites is 1. The first-order chi connectivity index (χ1) is 8.74. The summed E-state index contributed by atoms with van der Waals surface area (Å²) in [6.45, 7) is 6.21. The number of anilines is 2. The van der Waals surface area contributed by atoms with Gasteiger partial charge in [0.1, 0.15) is 5.75 Å². The highest BCUT2D eigenvalue weighted by molar-refractivity contribution is 5.74. The molecule has 1 aromatic rings. The molecule has 1 atom stereocenters. The Morgan fingerprint density at radius 3 is 2.94 bits per heavy atom. The normalized spacial score (nSPS) is 19.9. The lowest BCUT2D eigenvalue weighted by Crippen LogP contribution is -2.37. The summed E-state index contributed by atoms with van der Waals surface area (Å²) in [5.41, 5.74) is 8.18. The fourth-order valence-corrected chi connectivity index (χ4v) is 2.58. The summed E-state index contributed by atoms with van der Waals surface area (Å²) in [5.74, 6) is 0.826. The van der Waals surface area contributed by atoms with Gasteiger partial charge in [-0.05, 0) is 44.7 Å². The third-order valence-corrected chi connectivity index (χ3v) is 3.62.